The molecule has 1 heterocycles. The third-order valence-electron chi connectivity index (χ3n) is 3.96. The van der Waals surface area contributed by atoms with Crippen LogP contribution in [0.2, 0.25) is 0 Å². The largest absolute Gasteiger partial charge is 0.326 e. The number of rotatable bonds is 4. The molecule has 1 atom stereocenters. The van der Waals surface area contributed by atoms with Gasteiger partial charge in [0.2, 0.25) is 11.8 Å². The van der Waals surface area contributed by atoms with E-state index in [-0.39, 0.29) is 35.9 Å². The molecule has 0 bridgehead atoms. The zero-order valence-electron chi connectivity index (χ0n) is 13.0. The molecule has 0 radical (unpaired) electrons. The van der Waals surface area contributed by atoms with E-state index in [1.165, 1.54) is 47.4 Å². The minimum absolute atomic E-state index is 0.0465. The number of amides is 2. The topological polar surface area (TPSA) is 92.5 Å². The number of carbonyl (C=O) groups excluding carboxylic acids is 2. The molecule has 8 heteroatoms. The van der Waals surface area contributed by atoms with Crippen molar-refractivity contribution in [1.29, 1.82) is 0 Å². The highest BCUT2D eigenvalue weighted by atomic mass is 19.1. The second kappa shape index (κ2) is 6.68. The lowest BCUT2D eigenvalue weighted by Crippen LogP contribution is -2.28. The van der Waals surface area contributed by atoms with Gasteiger partial charge in [0.15, 0.2) is 0 Å². The average molecular weight is 343 g/mol. The van der Waals surface area contributed by atoms with E-state index in [0.29, 0.717) is 0 Å². The molecule has 2 aromatic carbocycles. The van der Waals surface area contributed by atoms with Crippen molar-refractivity contribution in [2.75, 3.05) is 16.8 Å². The monoisotopic (exact) mass is 343 g/mol. The molecule has 0 unspecified atom stereocenters. The summed E-state index contributed by atoms with van der Waals surface area (Å²) in [4.78, 5) is 35.9. The van der Waals surface area contributed by atoms with Crippen LogP contribution >= 0.6 is 0 Å². The minimum Gasteiger partial charge on any atom is -0.326 e. The van der Waals surface area contributed by atoms with Gasteiger partial charge in [0, 0.05) is 30.8 Å². The Morgan fingerprint density at radius 3 is 2.72 bits per heavy atom. The van der Waals surface area contributed by atoms with Crippen LogP contribution in [0.1, 0.15) is 6.42 Å². The lowest BCUT2D eigenvalue weighted by atomic mass is 10.1. The number of non-ortho nitro benzene ring substituents is 1. The molecule has 2 amide bonds. The van der Waals surface area contributed by atoms with Crippen LogP contribution in [0, 0.1) is 21.8 Å². The molecule has 1 aliphatic heterocycles. The van der Waals surface area contributed by atoms with Gasteiger partial charge in [0.25, 0.3) is 5.69 Å². The fraction of sp³-hybridized carbons (Fsp3) is 0.176. The van der Waals surface area contributed by atoms with E-state index >= 15 is 0 Å². The summed E-state index contributed by atoms with van der Waals surface area (Å²) in [5.74, 6) is -1.97. The second-order valence-corrected chi connectivity index (χ2v) is 5.65. The van der Waals surface area contributed by atoms with Crippen molar-refractivity contribution < 1.29 is 18.9 Å². The molecule has 0 aliphatic carbocycles. The summed E-state index contributed by atoms with van der Waals surface area (Å²) in [6.07, 6.45) is -0.0465. The van der Waals surface area contributed by atoms with Gasteiger partial charge in [0.05, 0.1) is 16.5 Å². The van der Waals surface area contributed by atoms with Crippen LogP contribution in [0.5, 0.6) is 0 Å². The molecule has 1 aliphatic rings. The van der Waals surface area contributed by atoms with E-state index in [0.717, 1.165) is 0 Å². The Kier molecular flexibility index (Phi) is 4.42. The van der Waals surface area contributed by atoms with Crippen molar-refractivity contribution in [2.45, 2.75) is 6.42 Å². The second-order valence-electron chi connectivity index (χ2n) is 5.65. The van der Waals surface area contributed by atoms with Crippen molar-refractivity contribution in [3.05, 3.63) is 64.5 Å². The number of hydrogen-bond donors (Lipinski definition) is 1. The molecule has 1 fully saturated rings. The number of para-hydroxylation sites is 1. The molecule has 1 N–H and O–H groups in total. The van der Waals surface area contributed by atoms with Crippen molar-refractivity contribution >= 4 is 28.9 Å². The Hall–Kier alpha value is -3.29. The maximum Gasteiger partial charge on any atom is 0.271 e. The Morgan fingerprint density at radius 1 is 1.24 bits per heavy atom. The summed E-state index contributed by atoms with van der Waals surface area (Å²) >= 11 is 0. The number of nitrogens with one attached hydrogen (secondary N) is 1. The molecule has 0 saturated carbocycles. The number of nitrogens with zero attached hydrogens (tertiary/aromatic N) is 2. The van der Waals surface area contributed by atoms with E-state index in [4.69, 9.17) is 0 Å². The first-order valence-corrected chi connectivity index (χ1v) is 7.56. The zero-order valence-corrected chi connectivity index (χ0v) is 13.0. The van der Waals surface area contributed by atoms with Gasteiger partial charge in [-0.3, -0.25) is 19.7 Å². The lowest BCUT2D eigenvalue weighted by Gasteiger charge is -2.17. The summed E-state index contributed by atoms with van der Waals surface area (Å²) in [5.41, 5.74) is 0.266. The fourth-order valence-electron chi connectivity index (χ4n) is 2.73. The van der Waals surface area contributed by atoms with Crippen LogP contribution in [0.15, 0.2) is 48.5 Å². The van der Waals surface area contributed by atoms with Gasteiger partial charge in [-0.25, -0.2) is 4.39 Å². The van der Waals surface area contributed by atoms with Crippen LogP contribution in [0.25, 0.3) is 0 Å². The minimum atomic E-state index is -0.661. The Bertz CT molecular complexity index is 855. The van der Waals surface area contributed by atoms with Gasteiger partial charge in [-0.1, -0.05) is 18.2 Å². The first-order valence-electron chi connectivity index (χ1n) is 7.56. The van der Waals surface area contributed by atoms with Gasteiger partial charge in [-0.05, 0) is 18.2 Å². The summed E-state index contributed by atoms with van der Waals surface area (Å²) in [6.45, 7) is 0.0561. The van der Waals surface area contributed by atoms with Gasteiger partial charge in [-0.2, -0.15) is 0 Å². The molecule has 3 rings (SSSR count). The van der Waals surface area contributed by atoms with Gasteiger partial charge < -0.3 is 10.2 Å². The van der Waals surface area contributed by atoms with E-state index in [1.54, 1.807) is 6.07 Å². The molecule has 1 saturated heterocycles. The van der Waals surface area contributed by atoms with E-state index in [2.05, 4.69) is 5.32 Å². The molecule has 0 aromatic heterocycles. The summed E-state index contributed by atoms with van der Waals surface area (Å²) in [6, 6.07) is 11.4. The van der Waals surface area contributed by atoms with E-state index in [9.17, 15) is 24.1 Å². The fourth-order valence-corrected chi connectivity index (χ4v) is 2.73. The third-order valence-corrected chi connectivity index (χ3v) is 3.96. The quantitative estimate of drug-likeness (QED) is 0.682. The van der Waals surface area contributed by atoms with Crippen molar-refractivity contribution in [3.63, 3.8) is 0 Å². The van der Waals surface area contributed by atoms with E-state index in [1.807, 2.05) is 0 Å². The van der Waals surface area contributed by atoms with Crippen LogP contribution < -0.4 is 10.2 Å². The highest BCUT2D eigenvalue weighted by Gasteiger charge is 2.36. The van der Waals surface area contributed by atoms with Crippen LogP contribution in [-0.4, -0.2) is 23.3 Å². The number of halogens is 1. The number of hydrogen-bond acceptors (Lipinski definition) is 4. The van der Waals surface area contributed by atoms with Gasteiger partial charge in [-0.15, -0.1) is 0 Å². The molecular weight excluding hydrogens is 329 g/mol. The molecule has 7 nitrogen and oxygen atoms in total. The number of benzene rings is 2. The van der Waals surface area contributed by atoms with E-state index < -0.39 is 22.6 Å². The lowest BCUT2D eigenvalue weighted by molar-refractivity contribution is -0.384. The molecule has 2 aromatic rings. The Balaban J connectivity index is 1.72. The maximum atomic E-state index is 13.9. The highest BCUT2D eigenvalue weighted by molar-refractivity contribution is 6.03. The van der Waals surface area contributed by atoms with Crippen LogP contribution in [0.4, 0.5) is 21.5 Å². The molecular formula is C17H14FN3O4. The van der Waals surface area contributed by atoms with Crippen LogP contribution in [-0.2, 0) is 9.59 Å². The average Bonchev–Trinajstić information content (AvgIpc) is 2.97. The number of carbonyl (C=O) groups is 2. The predicted molar refractivity (Wildman–Crippen MR) is 88.6 cm³/mol. The summed E-state index contributed by atoms with van der Waals surface area (Å²) < 4.78 is 13.9. The van der Waals surface area contributed by atoms with Crippen molar-refractivity contribution in [3.8, 4) is 0 Å². The molecule has 128 valence electrons. The number of nitro benzene ring substituents is 1. The van der Waals surface area contributed by atoms with Gasteiger partial charge >= 0.3 is 0 Å². The first-order chi connectivity index (χ1) is 12.0. The Morgan fingerprint density at radius 2 is 2.00 bits per heavy atom. The standard InChI is InChI=1S/C17H14FN3O4/c18-14-6-1-2-7-15(14)20-10-11(8-16(20)22)17(23)19-12-4-3-5-13(9-12)21(24)25/h1-7,9,11H,8,10H2,(H,19,23)/t11-/m0/s1. The van der Waals surface area contributed by atoms with Gasteiger partial charge in [0.1, 0.15) is 5.82 Å². The normalized spacial score (nSPS) is 16.8. The first kappa shape index (κ1) is 16.6. The molecule has 0 spiro atoms. The zero-order chi connectivity index (χ0) is 18.0. The maximum absolute atomic E-state index is 13.9. The smallest absolute Gasteiger partial charge is 0.271 e. The SMILES string of the molecule is O=C(Nc1cccc([N+](=O)[O-])c1)[C@H]1CC(=O)N(c2ccccc2F)C1. The summed E-state index contributed by atoms with van der Waals surface area (Å²) in [5, 5.41) is 13.3. The highest BCUT2D eigenvalue weighted by Crippen LogP contribution is 2.28. The molecule has 25 heavy (non-hydrogen) atoms. The summed E-state index contributed by atoms with van der Waals surface area (Å²) in [7, 11) is 0. The van der Waals surface area contributed by atoms with Crippen molar-refractivity contribution in [1.82, 2.24) is 0 Å². The third kappa shape index (κ3) is 3.47. The van der Waals surface area contributed by atoms with Crippen molar-refractivity contribution in [2.24, 2.45) is 5.92 Å². The number of anilines is 2. The van der Waals surface area contributed by atoms with Crippen LogP contribution in [0.3, 0.4) is 0 Å². The number of nitro groups is 1. The predicted octanol–water partition coefficient (Wildman–Crippen LogP) is 2.73. The Labute approximate surface area is 142 Å².